The molecule has 1 aromatic rings. The summed E-state index contributed by atoms with van der Waals surface area (Å²) in [6.45, 7) is 5.97. The average Bonchev–Trinajstić information content (AvgIpc) is 2.43. The van der Waals surface area contributed by atoms with Crippen molar-refractivity contribution >= 4 is 5.82 Å². The zero-order valence-corrected chi connectivity index (χ0v) is 12.4. The molecule has 0 radical (unpaired) electrons. The predicted octanol–water partition coefficient (Wildman–Crippen LogP) is 2.32. The molecule has 2 N–H and O–H groups in total. The fraction of sp³-hybridized carbons (Fsp3) is 0.667. The first-order valence-corrected chi connectivity index (χ1v) is 7.14. The van der Waals surface area contributed by atoms with E-state index in [0.717, 1.165) is 30.5 Å². The molecule has 1 aromatic heterocycles. The summed E-state index contributed by atoms with van der Waals surface area (Å²) >= 11 is 0. The van der Waals surface area contributed by atoms with Gasteiger partial charge in [0.25, 0.3) is 0 Å². The van der Waals surface area contributed by atoms with Crippen LogP contribution >= 0.6 is 0 Å². The van der Waals surface area contributed by atoms with Crippen molar-refractivity contribution in [3.63, 3.8) is 0 Å². The lowest BCUT2D eigenvalue weighted by Gasteiger charge is -2.39. The van der Waals surface area contributed by atoms with Crippen molar-refractivity contribution in [1.29, 1.82) is 5.26 Å². The highest BCUT2D eigenvalue weighted by Gasteiger charge is 2.35. The number of aromatic nitrogens is 2. The number of rotatable bonds is 3. The Kier molecular flexibility index (Phi) is 4.24. The number of nitrogens with one attached hydrogen (secondary N) is 1. The fourth-order valence-electron chi connectivity index (χ4n) is 3.04. The molecule has 2 rings (SSSR count). The van der Waals surface area contributed by atoms with Gasteiger partial charge in [-0.05, 0) is 38.2 Å². The van der Waals surface area contributed by atoms with Gasteiger partial charge in [-0.2, -0.15) is 10.4 Å². The molecule has 0 saturated heterocycles. The zero-order valence-electron chi connectivity index (χ0n) is 12.4. The molecule has 5 nitrogen and oxygen atoms in total. The average molecular weight is 274 g/mol. The minimum atomic E-state index is -0.375. The third-order valence-corrected chi connectivity index (χ3v) is 4.34. The molecule has 108 valence electrons. The predicted molar refractivity (Wildman–Crippen MR) is 77.3 cm³/mol. The van der Waals surface area contributed by atoms with Gasteiger partial charge < -0.3 is 10.4 Å². The maximum Gasteiger partial charge on any atom is 0.167 e. The van der Waals surface area contributed by atoms with Crippen molar-refractivity contribution in [2.24, 2.45) is 5.92 Å². The van der Waals surface area contributed by atoms with E-state index in [1.807, 2.05) is 13.8 Å². The van der Waals surface area contributed by atoms with Crippen LogP contribution < -0.4 is 5.32 Å². The Hall–Kier alpha value is -1.67. The van der Waals surface area contributed by atoms with E-state index in [1.54, 1.807) is 0 Å². The maximum atomic E-state index is 9.81. The summed E-state index contributed by atoms with van der Waals surface area (Å²) in [6.07, 6.45) is 4.05. The monoisotopic (exact) mass is 274 g/mol. The SMILES string of the molecule is Cc1nnc(NC2(CO)CCCC(C)C2)c(C#N)c1C. The number of aryl methyl sites for hydroxylation is 1. The van der Waals surface area contributed by atoms with Gasteiger partial charge in [0.05, 0.1) is 17.8 Å². The first-order chi connectivity index (χ1) is 9.51. The van der Waals surface area contributed by atoms with Crippen LogP contribution in [0.2, 0.25) is 0 Å². The smallest absolute Gasteiger partial charge is 0.167 e. The molecule has 1 heterocycles. The molecule has 1 fully saturated rings. The molecule has 0 aromatic carbocycles. The number of nitriles is 1. The van der Waals surface area contributed by atoms with Gasteiger partial charge >= 0.3 is 0 Å². The van der Waals surface area contributed by atoms with Gasteiger partial charge in [-0.15, -0.1) is 5.10 Å². The van der Waals surface area contributed by atoms with E-state index < -0.39 is 0 Å². The molecule has 1 aliphatic rings. The van der Waals surface area contributed by atoms with E-state index >= 15 is 0 Å². The van der Waals surface area contributed by atoms with Crippen LogP contribution in [0, 0.1) is 31.1 Å². The Balaban J connectivity index is 2.33. The highest BCUT2D eigenvalue weighted by atomic mass is 16.3. The summed E-state index contributed by atoms with van der Waals surface area (Å²) < 4.78 is 0. The Morgan fingerprint density at radius 3 is 2.80 bits per heavy atom. The third-order valence-electron chi connectivity index (χ3n) is 4.34. The number of aliphatic hydroxyl groups excluding tert-OH is 1. The van der Waals surface area contributed by atoms with Crippen LogP contribution in [-0.2, 0) is 0 Å². The van der Waals surface area contributed by atoms with Crippen LogP contribution in [0.3, 0.4) is 0 Å². The molecule has 20 heavy (non-hydrogen) atoms. The number of nitrogens with zero attached hydrogens (tertiary/aromatic N) is 3. The topological polar surface area (TPSA) is 81.8 Å². The highest BCUT2D eigenvalue weighted by Crippen LogP contribution is 2.35. The Morgan fingerprint density at radius 1 is 1.45 bits per heavy atom. The summed E-state index contributed by atoms with van der Waals surface area (Å²) in [4.78, 5) is 0. The summed E-state index contributed by atoms with van der Waals surface area (Å²) in [7, 11) is 0. The van der Waals surface area contributed by atoms with Crippen molar-refractivity contribution in [3.8, 4) is 6.07 Å². The normalized spacial score (nSPS) is 26.1. The Labute approximate surface area is 120 Å². The standard InChI is InChI=1S/C15H22N4O/c1-10-5-4-6-15(7-10,9-20)17-14-13(8-16)11(2)12(3)18-19-14/h10,20H,4-7,9H2,1-3H3,(H,17,19). The van der Waals surface area contributed by atoms with Crippen molar-refractivity contribution in [1.82, 2.24) is 10.2 Å². The van der Waals surface area contributed by atoms with Gasteiger partial charge in [-0.25, -0.2) is 0 Å². The number of aliphatic hydroxyl groups is 1. The molecule has 1 aliphatic carbocycles. The first-order valence-electron chi connectivity index (χ1n) is 7.14. The van der Waals surface area contributed by atoms with Crippen LogP contribution in [0.1, 0.15) is 49.4 Å². The van der Waals surface area contributed by atoms with E-state index in [-0.39, 0.29) is 12.1 Å². The quantitative estimate of drug-likeness (QED) is 0.884. The van der Waals surface area contributed by atoms with Crippen molar-refractivity contribution in [2.45, 2.75) is 52.0 Å². The molecule has 5 heteroatoms. The Bertz CT molecular complexity index is 537. The summed E-state index contributed by atoms with van der Waals surface area (Å²) in [5, 5.41) is 30.7. The maximum absolute atomic E-state index is 9.81. The number of anilines is 1. The summed E-state index contributed by atoms with van der Waals surface area (Å²) in [6, 6.07) is 2.20. The summed E-state index contributed by atoms with van der Waals surface area (Å²) in [5.74, 6) is 1.06. The second-order valence-electron chi connectivity index (χ2n) is 6.01. The molecule has 0 amide bonds. The molecule has 0 spiro atoms. The second-order valence-corrected chi connectivity index (χ2v) is 6.01. The van der Waals surface area contributed by atoms with Gasteiger partial charge in [0.1, 0.15) is 11.6 Å². The number of hydrogen-bond donors (Lipinski definition) is 2. The Morgan fingerprint density at radius 2 is 2.20 bits per heavy atom. The minimum Gasteiger partial charge on any atom is -0.394 e. The second kappa shape index (κ2) is 5.76. The zero-order chi connectivity index (χ0) is 14.8. The fourth-order valence-corrected chi connectivity index (χ4v) is 3.04. The van der Waals surface area contributed by atoms with Crippen LogP contribution in [0.15, 0.2) is 0 Å². The molecule has 2 atom stereocenters. The van der Waals surface area contributed by atoms with Crippen LogP contribution in [0.4, 0.5) is 5.82 Å². The van der Waals surface area contributed by atoms with E-state index in [0.29, 0.717) is 17.3 Å². The lowest BCUT2D eigenvalue weighted by molar-refractivity contribution is 0.149. The van der Waals surface area contributed by atoms with Crippen molar-refractivity contribution < 1.29 is 5.11 Å². The van der Waals surface area contributed by atoms with Gasteiger partial charge in [-0.3, -0.25) is 0 Å². The van der Waals surface area contributed by atoms with Gasteiger partial charge in [0.15, 0.2) is 5.82 Å². The molecular weight excluding hydrogens is 252 g/mol. The molecular formula is C15H22N4O. The van der Waals surface area contributed by atoms with E-state index in [2.05, 4.69) is 28.5 Å². The minimum absolute atomic E-state index is 0.0524. The van der Waals surface area contributed by atoms with Crippen molar-refractivity contribution in [3.05, 3.63) is 16.8 Å². The van der Waals surface area contributed by atoms with Crippen molar-refractivity contribution in [2.75, 3.05) is 11.9 Å². The molecule has 1 saturated carbocycles. The molecule has 2 unspecified atom stereocenters. The van der Waals surface area contributed by atoms with E-state index in [9.17, 15) is 10.4 Å². The van der Waals surface area contributed by atoms with Crippen LogP contribution in [0.25, 0.3) is 0 Å². The van der Waals surface area contributed by atoms with Crippen LogP contribution in [-0.4, -0.2) is 27.4 Å². The highest BCUT2D eigenvalue weighted by molar-refractivity contribution is 5.57. The first kappa shape index (κ1) is 14.7. The lowest BCUT2D eigenvalue weighted by Crippen LogP contribution is -2.46. The number of hydrogen-bond acceptors (Lipinski definition) is 5. The van der Waals surface area contributed by atoms with E-state index in [1.165, 1.54) is 6.42 Å². The molecule has 0 aliphatic heterocycles. The van der Waals surface area contributed by atoms with Crippen LogP contribution in [0.5, 0.6) is 0 Å². The molecule has 0 bridgehead atoms. The lowest BCUT2D eigenvalue weighted by atomic mass is 9.76. The third kappa shape index (κ3) is 2.75. The largest absolute Gasteiger partial charge is 0.394 e. The summed E-state index contributed by atoms with van der Waals surface area (Å²) in [5.41, 5.74) is 1.77. The van der Waals surface area contributed by atoms with Gasteiger partial charge in [-0.1, -0.05) is 19.8 Å². The van der Waals surface area contributed by atoms with Gasteiger partial charge in [0, 0.05) is 0 Å². The van der Waals surface area contributed by atoms with Gasteiger partial charge in [0.2, 0.25) is 0 Å². The van der Waals surface area contributed by atoms with E-state index in [4.69, 9.17) is 0 Å².